The Morgan fingerprint density at radius 3 is 2.43 bits per heavy atom. The van der Waals surface area contributed by atoms with Crippen LogP contribution < -0.4 is 0 Å². The molecular weight excluding hydrogens is 180 g/mol. The van der Waals surface area contributed by atoms with Crippen LogP contribution in [0.4, 0.5) is 0 Å². The summed E-state index contributed by atoms with van der Waals surface area (Å²) in [4.78, 5) is 0. The zero-order chi connectivity index (χ0) is 9.97. The highest BCUT2D eigenvalue weighted by Crippen LogP contribution is 2.30. The SMILES string of the molecule is O[C@@H]1C[C@@H](c2ccccc2)O[C@@H](O)C1. The second-order valence-electron chi connectivity index (χ2n) is 3.62. The molecule has 0 bridgehead atoms. The van der Waals surface area contributed by atoms with Gasteiger partial charge in [0, 0.05) is 12.8 Å². The minimum Gasteiger partial charge on any atom is -0.393 e. The highest BCUT2D eigenvalue weighted by atomic mass is 16.6. The minimum absolute atomic E-state index is 0.185. The molecule has 1 saturated heterocycles. The third-order valence-corrected chi connectivity index (χ3v) is 2.45. The molecule has 3 atom stereocenters. The van der Waals surface area contributed by atoms with Gasteiger partial charge in [-0.15, -0.1) is 0 Å². The average Bonchev–Trinajstić information content (AvgIpc) is 2.18. The number of hydrogen-bond donors (Lipinski definition) is 2. The van der Waals surface area contributed by atoms with Crippen LogP contribution in [0.15, 0.2) is 30.3 Å². The van der Waals surface area contributed by atoms with E-state index >= 15 is 0 Å². The summed E-state index contributed by atoms with van der Waals surface area (Å²) in [5.74, 6) is 0. The molecule has 0 aliphatic carbocycles. The van der Waals surface area contributed by atoms with E-state index in [1.807, 2.05) is 30.3 Å². The zero-order valence-electron chi connectivity index (χ0n) is 7.84. The Bertz CT molecular complexity index is 276. The maximum Gasteiger partial charge on any atom is 0.157 e. The molecule has 1 aromatic carbocycles. The van der Waals surface area contributed by atoms with Gasteiger partial charge < -0.3 is 14.9 Å². The van der Waals surface area contributed by atoms with Gasteiger partial charge in [0.15, 0.2) is 6.29 Å². The van der Waals surface area contributed by atoms with Crippen LogP contribution in [0, 0.1) is 0 Å². The molecule has 1 heterocycles. The molecule has 0 radical (unpaired) electrons. The summed E-state index contributed by atoms with van der Waals surface area (Å²) in [6.45, 7) is 0. The van der Waals surface area contributed by atoms with Gasteiger partial charge in [-0.2, -0.15) is 0 Å². The summed E-state index contributed by atoms with van der Waals surface area (Å²) in [6.07, 6.45) is -0.632. The van der Waals surface area contributed by atoms with Crippen molar-refractivity contribution in [2.75, 3.05) is 0 Å². The Kier molecular flexibility index (Phi) is 2.82. The normalized spacial score (nSPS) is 32.9. The molecule has 14 heavy (non-hydrogen) atoms. The highest BCUT2D eigenvalue weighted by molar-refractivity contribution is 5.18. The molecule has 0 saturated carbocycles. The van der Waals surface area contributed by atoms with Gasteiger partial charge in [-0.25, -0.2) is 0 Å². The van der Waals surface area contributed by atoms with E-state index in [1.54, 1.807) is 0 Å². The topological polar surface area (TPSA) is 49.7 Å². The van der Waals surface area contributed by atoms with E-state index in [0.717, 1.165) is 5.56 Å². The van der Waals surface area contributed by atoms with Crippen LogP contribution in [-0.2, 0) is 4.74 Å². The van der Waals surface area contributed by atoms with Crippen LogP contribution in [0.3, 0.4) is 0 Å². The number of aliphatic hydroxyl groups is 2. The van der Waals surface area contributed by atoms with Gasteiger partial charge >= 0.3 is 0 Å². The van der Waals surface area contributed by atoms with Crippen molar-refractivity contribution < 1.29 is 14.9 Å². The van der Waals surface area contributed by atoms with Crippen molar-refractivity contribution >= 4 is 0 Å². The third-order valence-electron chi connectivity index (χ3n) is 2.45. The van der Waals surface area contributed by atoms with Crippen LogP contribution in [-0.4, -0.2) is 22.6 Å². The Hall–Kier alpha value is -0.900. The van der Waals surface area contributed by atoms with Crippen LogP contribution in [0.5, 0.6) is 0 Å². The zero-order valence-corrected chi connectivity index (χ0v) is 7.84. The van der Waals surface area contributed by atoms with E-state index in [0.29, 0.717) is 12.8 Å². The maximum atomic E-state index is 9.47. The predicted molar refractivity (Wildman–Crippen MR) is 51.5 cm³/mol. The van der Waals surface area contributed by atoms with Crippen molar-refractivity contribution in [3.05, 3.63) is 35.9 Å². The first-order valence-electron chi connectivity index (χ1n) is 4.82. The summed E-state index contributed by atoms with van der Waals surface area (Å²) in [5, 5.41) is 18.8. The van der Waals surface area contributed by atoms with Gasteiger partial charge in [0.05, 0.1) is 12.2 Å². The largest absolute Gasteiger partial charge is 0.393 e. The standard InChI is InChI=1S/C11H14O3/c12-9-6-10(14-11(13)7-9)8-4-2-1-3-5-8/h1-5,9-13H,6-7H2/t9-,10+,11-/m1/s1. The fourth-order valence-electron chi connectivity index (χ4n) is 1.76. The number of rotatable bonds is 1. The Morgan fingerprint density at radius 1 is 1.07 bits per heavy atom. The number of hydrogen-bond acceptors (Lipinski definition) is 3. The van der Waals surface area contributed by atoms with Crippen molar-refractivity contribution in [1.29, 1.82) is 0 Å². The first kappa shape index (κ1) is 9.65. The van der Waals surface area contributed by atoms with Gasteiger partial charge in [-0.3, -0.25) is 0 Å². The van der Waals surface area contributed by atoms with Crippen molar-refractivity contribution in [3.8, 4) is 0 Å². The molecular formula is C11H14O3. The average molecular weight is 194 g/mol. The summed E-state index contributed by atoms with van der Waals surface area (Å²) in [7, 11) is 0. The molecule has 2 rings (SSSR count). The summed E-state index contributed by atoms with van der Waals surface area (Å²) in [6, 6.07) is 9.65. The quantitative estimate of drug-likeness (QED) is 0.706. The fourth-order valence-corrected chi connectivity index (χ4v) is 1.76. The van der Waals surface area contributed by atoms with Crippen molar-refractivity contribution in [2.24, 2.45) is 0 Å². The van der Waals surface area contributed by atoms with Gasteiger partial charge in [0.25, 0.3) is 0 Å². The van der Waals surface area contributed by atoms with E-state index in [-0.39, 0.29) is 6.10 Å². The Labute approximate surface area is 83.0 Å². The van der Waals surface area contributed by atoms with Crippen LogP contribution in [0.1, 0.15) is 24.5 Å². The molecule has 1 aliphatic rings. The molecule has 3 nitrogen and oxygen atoms in total. The Morgan fingerprint density at radius 2 is 1.79 bits per heavy atom. The second kappa shape index (κ2) is 4.09. The van der Waals surface area contributed by atoms with Crippen molar-refractivity contribution in [3.63, 3.8) is 0 Å². The van der Waals surface area contributed by atoms with E-state index in [4.69, 9.17) is 4.74 Å². The number of aliphatic hydroxyl groups excluding tert-OH is 2. The number of benzene rings is 1. The summed E-state index contributed by atoms with van der Waals surface area (Å²) >= 11 is 0. The Balaban J connectivity index is 2.11. The monoisotopic (exact) mass is 194 g/mol. The highest BCUT2D eigenvalue weighted by Gasteiger charge is 2.27. The third kappa shape index (κ3) is 2.12. The number of ether oxygens (including phenoxy) is 1. The van der Waals surface area contributed by atoms with E-state index in [1.165, 1.54) is 0 Å². The first-order valence-corrected chi connectivity index (χ1v) is 4.82. The lowest BCUT2D eigenvalue weighted by Gasteiger charge is -2.30. The smallest absolute Gasteiger partial charge is 0.157 e. The molecule has 0 unspecified atom stereocenters. The molecule has 1 aromatic rings. The maximum absolute atomic E-state index is 9.47. The summed E-state index contributed by atoms with van der Waals surface area (Å²) < 4.78 is 5.34. The molecule has 0 aromatic heterocycles. The minimum atomic E-state index is -0.844. The second-order valence-corrected chi connectivity index (χ2v) is 3.62. The first-order chi connectivity index (χ1) is 6.75. The lowest BCUT2D eigenvalue weighted by atomic mass is 9.99. The molecule has 76 valence electrons. The van der Waals surface area contributed by atoms with Gasteiger partial charge in [0.1, 0.15) is 0 Å². The van der Waals surface area contributed by atoms with Gasteiger partial charge in [-0.1, -0.05) is 30.3 Å². The molecule has 2 N–H and O–H groups in total. The molecule has 0 spiro atoms. The molecule has 0 amide bonds. The van der Waals surface area contributed by atoms with Gasteiger partial charge in [0.2, 0.25) is 0 Å². The molecule has 1 fully saturated rings. The lowest BCUT2D eigenvalue weighted by molar-refractivity contribution is -0.191. The van der Waals surface area contributed by atoms with Gasteiger partial charge in [-0.05, 0) is 5.56 Å². The summed E-state index contributed by atoms with van der Waals surface area (Å²) in [5.41, 5.74) is 1.00. The van der Waals surface area contributed by atoms with Crippen LogP contribution in [0.25, 0.3) is 0 Å². The van der Waals surface area contributed by atoms with Crippen LogP contribution >= 0.6 is 0 Å². The van der Waals surface area contributed by atoms with E-state index < -0.39 is 12.4 Å². The van der Waals surface area contributed by atoms with Crippen molar-refractivity contribution in [1.82, 2.24) is 0 Å². The molecule has 3 heteroatoms. The predicted octanol–water partition coefficient (Wildman–Crippen LogP) is 1.22. The van der Waals surface area contributed by atoms with E-state index in [2.05, 4.69) is 0 Å². The van der Waals surface area contributed by atoms with E-state index in [9.17, 15) is 10.2 Å². The van der Waals surface area contributed by atoms with Crippen LogP contribution in [0.2, 0.25) is 0 Å². The lowest BCUT2D eigenvalue weighted by Crippen LogP contribution is -2.30. The fraction of sp³-hybridized carbons (Fsp3) is 0.455. The molecule has 1 aliphatic heterocycles. The van der Waals surface area contributed by atoms with Crippen molar-refractivity contribution in [2.45, 2.75) is 31.3 Å².